The predicted molar refractivity (Wildman–Crippen MR) is 84.3 cm³/mol. The fourth-order valence-corrected chi connectivity index (χ4v) is 2.97. The van der Waals surface area contributed by atoms with E-state index in [-0.39, 0.29) is 20.8 Å². The molecule has 0 radical (unpaired) electrons. The molecule has 2 aromatic rings. The van der Waals surface area contributed by atoms with Crippen LogP contribution in [0.1, 0.15) is 10.5 Å². The molecule has 6 nitrogen and oxygen atoms in total. The second-order valence-electron chi connectivity index (χ2n) is 3.99. The molecule has 0 aliphatic heterocycles. The summed E-state index contributed by atoms with van der Waals surface area (Å²) in [6.07, 6.45) is 0. The summed E-state index contributed by atoms with van der Waals surface area (Å²) in [4.78, 5) is 14.5. The molecule has 1 amide bonds. The molecule has 1 aromatic heterocycles. The average Bonchev–Trinajstić information content (AvgIpc) is 2.71. The highest BCUT2D eigenvalue weighted by molar-refractivity contribution is 9.10. The number of benzene rings is 1. The Bertz CT molecular complexity index is 801. The van der Waals surface area contributed by atoms with Crippen molar-refractivity contribution in [2.24, 2.45) is 5.14 Å². The van der Waals surface area contributed by atoms with Gasteiger partial charge in [-0.15, -0.1) is 0 Å². The van der Waals surface area contributed by atoms with Crippen LogP contribution in [0.3, 0.4) is 0 Å². The van der Waals surface area contributed by atoms with Gasteiger partial charge in [-0.3, -0.25) is 4.79 Å². The number of amides is 1. The maximum Gasteiger partial charge on any atom is 0.272 e. The molecule has 0 aliphatic rings. The first-order valence-electron chi connectivity index (χ1n) is 5.36. The van der Waals surface area contributed by atoms with E-state index in [1.165, 1.54) is 24.3 Å². The zero-order chi connectivity index (χ0) is 15.8. The number of anilines is 1. The van der Waals surface area contributed by atoms with Gasteiger partial charge in [0.05, 0.1) is 15.6 Å². The number of carbonyl (C=O) groups excluding carboxylic acids is 1. The Morgan fingerprint density at radius 2 is 1.95 bits per heavy atom. The minimum Gasteiger partial charge on any atom is -0.340 e. The molecular weight excluding hydrogens is 405 g/mol. The predicted octanol–water partition coefficient (Wildman–Crippen LogP) is 2.98. The van der Waals surface area contributed by atoms with E-state index < -0.39 is 15.9 Å². The van der Waals surface area contributed by atoms with E-state index in [2.05, 4.69) is 26.2 Å². The van der Waals surface area contributed by atoms with Crippen LogP contribution >= 0.6 is 39.1 Å². The summed E-state index contributed by atoms with van der Waals surface area (Å²) in [6.45, 7) is 0. The molecule has 0 spiro atoms. The summed E-state index contributed by atoms with van der Waals surface area (Å²) in [7, 11) is -3.81. The second kappa shape index (κ2) is 5.98. The van der Waals surface area contributed by atoms with Crippen LogP contribution in [0.15, 0.2) is 33.6 Å². The Labute approximate surface area is 138 Å². The molecule has 0 unspecified atom stereocenters. The topological polar surface area (TPSA) is 105 Å². The minimum atomic E-state index is -3.81. The van der Waals surface area contributed by atoms with Crippen LogP contribution < -0.4 is 10.5 Å². The molecule has 2 rings (SSSR count). The third-order valence-corrected chi connectivity index (χ3v) is 4.75. The zero-order valence-electron chi connectivity index (χ0n) is 10.2. The highest BCUT2D eigenvalue weighted by Crippen LogP contribution is 2.27. The van der Waals surface area contributed by atoms with E-state index in [9.17, 15) is 13.2 Å². The van der Waals surface area contributed by atoms with Gasteiger partial charge in [-0.1, -0.05) is 23.2 Å². The fourth-order valence-electron chi connectivity index (χ4n) is 1.49. The summed E-state index contributed by atoms with van der Waals surface area (Å²) in [5.41, 5.74) is 0.543. The SMILES string of the molecule is NS(=O)(=O)c1ccc(NC(=O)c2cc(Cl)c(Cl)[nH]2)c(Br)c1. The first-order valence-corrected chi connectivity index (χ1v) is 8.45. The van der Waals surface area contributed by atoms with Gasteiger partial charge in [0.1, 0.15) is 10.8 Å². The van der Waals surface area contributed by atoms with Crippen molar-refractivity contribution in [1.29, 1.82) is 0 Å². The number of sulfonamides is 1. The van der Waals surface area contributed by atoms with Gasteiger partial charge in [0.25, 0.3) is 5.91 Å². The van der Waals surface area contributed by atoms with Crippen LogP contribution in [0, 0.1) is 0 Å². The molecule has 1 heterocycles. The monoisotopic (exact) mass is 411 g/mol. The number of rotatable bonds is 3. The third-order valence-electron chi connectivity index (χ3n) is 2.49. The van der Waals surface area contributed by atoms with Gasteiger partial charge < -0.3 is 10.3 Å². The molecule has 0 saturated heterocycles. The van der Waals surface area contributed by atoms with Crippen molar-refractivity contribution in [3.05, 3.63) is 44.6 Å². The highest BCUT2D eigenvalue weighted by atomic mass is 79.9. The number of halogens is 3. The molecule has 0 bridgehead atoms. The molecule has 21 heavy (non-hydrogen) atoms. The molecule has 0 fully saturated rings. The standard InChI is InChI=1S/C11H8BrCl2N3O3S/c12-6-3-5(21(15,19)20)1-2-8(6)17-11(18)9-4-7(13)10(14)16-9/h1-4,16H,(H,17,18)(H2,15,19,20). The van der Waals surface area contributed by atoms with Gasteiger partial charge >= 0.3 is 0 Å². The number of nitrogens with one attached hydrogen (secondary N) is 2. The van der Waals surface area contributed by atoms with E-state index in [4.69, 9.17) is 28.3 Å². The normalized spacial score (nSPS) is 11.4. The van der Waals surface area contributed by atoms with E-state index in [0.29, 0.717) is 10.2 Å². The first kappa shape index (κ1) is 16.3. The van der Waals surface area contributed by atoms with Crippen molar-refractivity contribution in [2.75, 3.05) is 5.32 Å². The van der Waals surface area contributed by atoms with E-state index in [0.717, 1.165) is 0 Å². The number of hydrogen-bond acceptors (Lipinski definition) is 3. The molecule has 1 aromatic carbocycles. The van der Waals surface area contributed by atoms with E-state index in [1.807, 2.05) is 0 Å². The Balaban J connectivity index is 2.26. The lowest BCUT2D eigenvalue weighted by Crippen LogP contribution is -2.14. The van der Waals surface area contributed by atoms with Gasteiger partial charge in [-0.25, -0.2) is 13.6 Å². The Morgan fingerprint density at radius 1 is 1.29 bits per heavy atom. The Kier molecular flexibility index (Phi) is 4.64. The molecule has 0 aliphatic carbocycles. The number of carbonyl (C=O) groups is 1. The van der Waals surface area contributed by atoms with Crippen LogP contribution in [0.25, 0.3) is 0 Å². The lowest BCUT2D eigenvalue weighted by molar-refractivity contribution is 0.102. The van der Waals surface area contributed by atoms with Crippen LogP contribution in [0.2, 0.25) is 10.2 Å². The maximum absolute atomic E-state index is 12.0. The van der Waals surface area contributed by atoms with Gasteiger partial charge in [0.2, 0.25) is 10.0 Å². The highest BCUT2D eigenvalue weighted by Gasteiger charge is 2.15. The van der Waals surface area contributed by atoms with Crippen molar-refractivity contribution in [1.82, 2.24) is 4.98 Å². The van der Waals surface area contributed by atoms with Gasteiger partial charge in [-0.05, 0) is 40.2 Å². The van der Waals surface area contributed by atoms with Crippen LogP contribution in [0.5, 0.6) is 0 Å². The van der Waals surface area contributed by atoms with Crippen LogP contribution in [-0.4, -0.2) is 19.3 Å². The number of aromatic nitrogens is 1. The summed E-state index contributed by atoms with van der Waals surface area (Å²) >= 11 is 14.6. The first-order chi connectivity index (χ1) is 9.68. The van der Waals surface area contributed by atoms with Crippen molar-refractivity contribution < 1.29 is 13.2 Å². The largest absolute Gasteiger partial charge is 0.340 e. The minimum absolute atomic E-state index is 0.0710. The van der Waals surface area contributed by atoms with Crippen molar-refractivity contribution >= 4 is 60.7 Å². The zero-order valence-corrected chi connectivity index (χ0v) is 14.1. The fraction of sp³-hybridized carbons (Fsp3) is 0. The number of nitrogens with two attached hydrogens (primary N) is 1. The lowest BCUT2D eigenvalue weighted by atomic mass is 10.3. The van der Waals surface area contributed by atoms with Gasteiger partial charge in [0, 0.05) is 4.47 Å². The molecular formula is C11H8BrCl2N3O3S. The van der Waals surface area contributed by atoms with Gasteiger partial charge in [0.15, 0.2) is 0 Å². The van der Waals surface area contributed by atoms with Crippen LogP contribution in [0.4, 0.5) is 5.69 Å². The molecule has 0 atom stereocenters. The van der Waals surface area contributed by atoms with Gasteiger partial charge in [-0.2, -0.15) is 0 Å². The number of aromatic amines is 1. The molecule has 0 saturated carbocycles. The molecule has 112 valence electrons. The summed E-state index contributed by atoms with van der Waals surface area (Å²) in [5, 5.41) is 7.98. The lowest BCUT2D eigenvalue weighted by Gasteiger charge is -2.07. The second-order valence-corrected chi connectivity index (χ2v) is 7.19. The third kappa shape index (κ3) is 3.78. The van der Waals surface area contributed by atoms with Crippen molar-refractivity contribution in [3.63, 3.8) is 0 Å². The average molecular weight is 413 g/mol. The van der Waals surface area contributed by atoms with E-state index >= 15 is 0 Å². The Morgan fingerprint density at radius 3 is 2.43 bits per heavy atom. The number of primary sulfonamides is 1. The van der Waals surface area contributed by atoms with Crippen molar-refractivity contribution in [2.45, 2.75) is 4.90 Å². The summed E-state index contributed by atoms with van der Waals surface area (Å²) < 4.78 is 22.8. The maximum atomic E-state index is 12.0. The van der Waals surface area contributed by atoms with E-state index in [1.54, 1.807) is 0 Å². The van der Waals surface area contributed by atoms with Crippen LogP contribution in [-0.2, 0) is 10.0 Å². The number of hydrogen-bond donors (Lipinski definition) is 3. The summed E-state index contributed by atoms with van der Waals surface area (Å²) in [6, 6.07) is 5.36. The summed E-state index contributed by atoms with van der Waals surface area (Å²) in [5.74, 6) is -0.479. The molecule has 10 heteroatoms. The van der Waals surface area contributed by atoms with Crippen molar-refractivity contribution in [3.8, 4) is 0 Å². The quantitative estimate of drug-likeness (QED) is 0.721. The Hall–Kier alpha value is -1.06. The molecule has 4 N–H and O–H groups in total. The smallest absolute Gasteiger partial charge is 0.272 e. The number of H-pyrrole nitrogens is 1.